The van der Waals surface area contributed by atoms with Crippen LogP contribution in [0.2, 0.25) is 0 Å². The number of methoxy groups -OCH3 is 1. The van der Waals surface area contributed by atoms with Gasteiger partial charge in [0.1, 0.15) is 12.4 Å². The Kier molecular flexibility index (Phi) is 2.40. The van der Waals surface area contributed by atoms with E-state index in [-0.39, 0.29) is 5.82 Å². The minimum Gasteiger partial charge on any atom is -0.374 e. The summed E-state index contributed by atoms with van der Waals surface area (Å²) >= 11 is 0. The second-order valence-corrected chi connectivity index (χ2v) is 1.91. The second kappa shape index (κ2) is 3.32. The van der Waals surface area contributed by atoms with Crippen molar-refractivity contribution >= 4 is 0 Å². The minimum absolute atomic E-state index is 0.228. The summed E-state index contributed by atoms with van der Waals surface area (Å²) in [5.41, 5.74) is 0.865. The van der Waals surface area contributed by atoms with Gasteiger partial charge in [-0.05, 0) is 17.7 Å². The highest BCUT2D eigenvalue weighted by atomic mass is 19.1. The molecule has 0 heterocycles. The van der Waals surface area contributed by atoms with Crippen LogP contribution in [0.25, 0.3) is 0 Å². The molecule has 0 aliphatic heterocycles. The SMILES string of the molecule is CO[CH]c1ccc(F)cc1. The van der Waals surface area contributed by atoms with Crippen molar-refractivity contribution in [2.45, 2.75) is 0 Å². The topological polar surface area (TPSA) is 9.23 Å². The summed E-state index contributed by atoms with van der Waals surface area (Å²) < 4.78 is 17.0. The van der Waals surface area contributed by atoms with E-state index in [1.807, 2.05) is 0 Å². The largest absolute Gasteiger partial charge is 0.374 e. The fraction of sp³-hybridized carbons (Fsp3) is 0.125. The van der Waals surface area contributed by atoms with Gasteiger partial charge in [-0.25, -0.2) is 4.39 Å². The minimum atomic E-state index is -0.228. The average molecular weight is 139 g/mol. The van der Waals surface area contributed by atoms with Gasteiger partial charge in [-0.1, -0.05) is 12.1 Å². The summed E-state index contributed by atoms with van der Waals surface area (Å²) in [5.74, 6) is -0.228. The van der Waals surface area contributed by atoms with Gasteiger partial charge in [-0.15, -0.1) is 0 Å². The molecule has 1 aromatic carbocycles. The molecule has 0 atom stereocenters. The molecule has 0 aliphatic carbocycles. The van der Waals surface area contributed by atoms with Crippen LogP contribution in [0.5, 0.6) is 0 Å². The Hall–Kier alpha value is -0.890. The molecular weight excluding hydrogens is 131 g/mol. The molecule has 10 heavy (non-hydrogen) atoms. The van der Waals surface area contributed by atoms with E-state index in [0.29, 0.717) is 0 Å². The highest BCUT2D eigenvalue weighted by Gasteiger charge is 1.91. The lowest BCUT2D eigenvalue weighted by Crippen LogP contribution is -1.83. The van der Waals surface area contributed by atoms with Crippen LogP contribution in [-0.4, -0.2) is 7.11 Å². The van der Waals surface area contributed by atoms with Gasteiger partial charge < -0.3 is 4.74 Å². The quantitative estimate of drug-likeness (QED) is 0.608. The van der Waals surface area contributed by atoms with Crippen molar-refractivity contribution in [1.29, 1.82) is 0 Å². The van der Waals surface area contributed by atoms with Gasteiger partial charge in [-0.2, -0.15) is 0 Å². The Morgan fingerprint density at radius 1 is 1.30 bits per heavy atom. The molecule has 0 fully saturated rings. The van der Waals surface area contributed by atoms with Crippen molar-refractivity contribution in [2.24, 2.45) is 0 Å². The van der Waals surface area contributed by atoms with Crippen molar-refractivity contribution < 1.29 is 9.13 Å². The number of halogens is 1. The summed E-state index contributed by atoms with van der Waals surface area (Å²) in [5, 5.41) is 0. The Labute approximate surface area is 59.4 Å². The maximum Gasteiger partial charge on any atom is 0.123 e. The molecule has 0 unspecified atom stereocenters. The van der Waals surface area contributed by atoms with Gasteiger partial charge >= 0.3 is 0 Å². The molecule has 0 bridgehead atoms. The predicted octanol–water partition coefficient (Wildman–Crippen LogP) is 1.98. The lowest BCUT2D eigenvalue weighted by molar-refractivity contribution is 0.292. The normalized spacial score (nSPS) is 9.80. The van der Waals surface area contributed by atoms with Crippen molar-refractivity contribution in [3.63, 3.8) is 0 Å². The molecule has 0 spiro atoms. The maximum absolute atomic E-state index is 12.3. The average Bonchev–Trinajstić information content (AvgIpc) is 1.95. The molecule has 1 aromatic rings. The van der Waals surface area contributed by atoms with E-state index < -0.39 is 0 Å². The fourth-order valence-electron chi connectivity index (χ4n) is 0.677. The molecule has 1 radical (unpaired) electrons. The summed E-state index contributed by atoms with van der Waals surface area (Å²) in [6.07, 6.45) is 0. The van der Waals surface area contributed by atoms with E-state index in [1.54, 1.807) is 25.8 Å². The van der Waals surface area contributed by atoms with Crippen LogP contribution in [0.4, 0.5) is 4.39 Å². The third-order valence-electron chi connectivity index (χ3n) is 1.12. The molecule has 2 heteroatoms. The molecule has 0 saturated heterocycles. The van der Waals surface area contributed by atoms with Crippen LogP contribution in [0.1, 0.15) is 5.56 Å². The number of rotatable bonds is 2. The first-order valence-corrected chi connectivity index (χ1v) is 2.94. The molecule has 1 nitrogen and oxygen atoms in total. The zero-order valence-electron chi connectivity index (χ0n) is 5.67. The Balaban J connectivity index is 2.69. The van der Waals surface area contributed by atoms with Crippen LogP contribution < -0.4 is 0 Å². The smallest absolute Gasteiger partial charge is 0.123 e. The Bertz CT molecular complexity index is 193. The molecule has 53 valence electrons. The summed E-state index contributed by atoms with van der Waals surface area (Å²) in [6.45, 7) is 1.56. The third-order valence-corrected chi connectivity index (χ3v) is 1.12. The summed E-state index contributed by atoms with van der Waals surface area (Å²) in [6, 6.07) is 6.09. The number of benzene rings is 1. The van der Waals surface area contributed by atoms with E-state index in [1.165, 1.54) is 12.1 Å². The highest BCUT2D eigenvalue weighted by Crippen LogP contribution is 2.04. The Morgan fingerprint density at radius 2 is 1.90 bits per heavy atom. The van der Waals surface area contributed by atoms with E-state index >= 15 is 0 Å². The summed E-state index contributed by atoms with van der Waals surface area (Å²) in [7, 11) is 1.56. The first-order valence-electron chi connectivity index (χ1n) is 2.94. The van der Waals surface area contributed by atoms with Gasteiger partial charge in [0, 0.05) is 7.11 Å². The van der Waals surface area contributed by atoms with Crippen LogP contribution in [-0.2, 0) is 4.74 Å². The van der Waals surface area contributed by atoms with Gasteiger partial charge in [-0.3, -0.25) is 0 Å². The van der Waals surface area contributed by atoms with Crippen LogP contribution >= 0.6 is 0 Å². The standard InChI is InChI=1S/C8H8FO/c1-10-6-7-2-4-8(9)5-3-7/h2-6H,1H3. The first-order chi connectivity index (χ1) is 4.83. The third kappa shape index (κ3) is 1.81. The van der Waals surface area contributed by atoms with Crippen molar-refractivity contribution in [3.8, 4) is 0 Å². The second-order valence-electron chi connectivity index (χ2n) is 1.91. The first kappa shape index (κ1) is 7.22. The van der Waals surface area contributed by atoms with E-state index in [2.05, 4.69) is 0 Å². The number of hydrogen-bond donors (Lipinski definition) is 0. The number of ether oxygens (including phenoxy) is 1. The zero-order valence-corrected chi connectivity index (χ0v) is 5.67. The molecule has 0 aromatic heterocycles. The maximum atomic E-state index is 12.3. The predicted molar refractivity (Wildman–Crippen MR) is 36.8 cm³/mol. The fourth-order valence-corrected chi connectivity index (χ4v) is 0.677. The lowest BCUT2D eigenvalue weighted by Gasteiger charge is -1.95. The van der Waals surface area contributed by atoms with Crippen LogP contribution in [0, 0.1) is 12.4 Å². The molecular formula is C8H8FO. The lowest BCUT2D eigenvalue weighted by atomic mass is 10.2. The van der Waals surface area contributed by atoms with Crippen molar-refractivity contribution in [3.05, 3.63) is 42.3 Å². The van der Waals surface area contributed by atoms with Gasteiger partial charge in [0.25, 0.3) is 0 Å². The van der Waals surface area contributed by atoms with E-state index in [0.717, 1.165) is 5.56 Å². The summed E-state index contributed by atoms with van der Waals surface area (Å²) in [4.78, 5) is 0. The zero-order chi connectivity index (χ0) is 7.40. The van der Waals surface area contributed by atoms with E-state index in [4.69, 9.17) is 4.74 Å². The van der Waals surface area contributed by atoms with Gasteiger partial charge in [0.2, 0.25) is 0 Å². The monoisotopic (exact) mass is 139 g/mol. The molecule has 0 aliphatic rings. The molecule has 0 amide bonds. The highest BCUT2D eigenvalue weighted by molar-refractivity contribution is 5.20. The number of hydrogen-bond acceptors (Lipinski definition) is 1. The molecule has 1 rings (SSSR count). The van der Waals surface area contributed by atoms with Crippen LogP contribution in [0.3, 0.4) is 0 Å². The van der Waals surface area contributed by atoms with Crippen molar-refractivity contribution in [1.82, 2.24) is 0 Å². The molecule has 0 saturated carbocycles. The van der Waals surface area contributed by atoms with E-state index in [9.17, 15) is 4.39 Å². The molecule has 0 N–H and O–H groups in total. The van der Waals surface area contributed by atoms with Crippen LogP contribution in [0.15, 0.2) is 24.3 Å². The van der Waals surface area contributed by atoms with Gasteiger partial charge in [0.15, 0.2) is 0 Å². The Morgan fingerprint density at radius 3 is 2.40 bits per heavy atom. The van der Waals surface area contributed by atoms with Gasteiger partial charge in [0.05, 0.1) is 0 Å². The van der Waals surface area contributed by atoms with Crippen molar-refractivity contribution in [2.75, 3.05) is 7.11 Å².